The van der Waals surface area contributed by atoms with Crippen molar-refractivity contribution in [3.8, 4) is 0 Å². The van der Waals surface area contributed by atoms with E-state index < -0.39 is 0 Å². The first-order valence-corrected chi connectivity index (χ1v) is 7.06. The third-order valence-electron chi connectivity index (χ3n) is 3.09. The van der Waals surface area contributed by atoms with Crippen molar-refractivity contribution < 1.29 is 9.47 Å². The lowest BCUT2D eigenvalue weighted by molar-refractivity contribution is 0.122. The average Bonchev–Trinajstić information content (AvgIpc) is 2.29. The smallest absolute Gasteiger partial charge is 0.0947 e. The van der Waals surface area contributed by atoms with E-state index in [2.05, 4.69) is 40.9 Å². The van der Waals surface area contributed by atoms with Gasteiger partial charge in [0.15, 0.2) is 0 Å². The van der Waals surface area contributed by atoms with E-state index in [1.165, 1.54) is 0 Å². The average molecular weight is 254 g/mol. The fraction of sp³-hybridized carbons (Fsp3) is 0.750. The molecule has 2 nitrogen and oxygen atoms in total. The maximum atomic E-state index is 5.70. The molecule has 0 aliphatic carbocycles. The van der Waals surface area contributed by atoms with Crippen LogP contribution in [0.5, 0.6) is 0 Å². The largest absolute Gasteiger partial charge is 0.498 e. The molecule has 0 amide bonds. The fourth-order valence-corrected chi connectivity index (χ4v) is 1.68. The highest BCUT2D eigenvalue weighted by Crippen LogP contribution is 2.31. The van der Waals surface area contributed by atoms with Gasteiger partial charge in [-0.3, -0.25) is 0 Å². The van der Waals surface area contributed by atoms with Gasteiger partial charge in [0.05, 0.1) is 24.7 Å². The summed E-state index contributed by atoms with van der Waals surface area (Å²) >= 11 is 0. The maximum Gasteiger partial charge on any atom is 0.0947 e. The van der Waals surface area contributed by atoms with Gasteiger partial charge in [-0.1, -0.05) is 53.7 Å². The normalized spacial score (nSPS) is 11.1. The zero-order valence-electron chi connectivity index (χ0n) is 12.7. The van der Waals surface area contributed by atoms with Crippen LogP contribution in [-0.2, 0) is 9.47 Å². The van der Waals surface area contributed by atoms with E-state index in [4.69, 9.17) is 9.47 Å². The minimum absolute atomic E-state index is 0.0547. The number of hydrogen-bond donors (Lipinski definition) is 0. The van der Waals surface area contributed by atoms with Crippen LogP contribution in [-0.4, -0.2) is 13.2 Å². The Kier molecular flexibility index (Phi) is 8.61. The second kappa shape index (κ2) is 9.07. The third-order valence-corrected chi connectivity index (χ3v) is 3.09. The van der Waals surface area contributed by atoms with Crippen molar-refractivity contribution in [2.75, 3.05) is 13.2 Å². The molecule has 106 valence electrons. The Balaban J connectivity index is 3.77. The summed E-state index contributed by atoms with van der Waals surface area (Å²) in [4.78, 5) is 0. The number of rotatable bonds is 11. The minimum Gasteiger partial charge on any atom is -0.498 e. The molecule has 0 saturated carbocycles. The van der Waals surface area contributed by atoms with Crippen LogP contribution >= 0.6 is 0 Å². The Hall–Kier alpha value is -0.920. The van der Waals surface area contributed by atoms with Gasteiger partial charge in [-0.05, 0) is 12.8 Å². The van der Waals surface area contributed by atoms with Gasteiger partial charge < -0.3 is 9.47 Å². The molecule has 0 unspecified atom stereocenters. The van der Waals surface area contributed by atoms with Crippen LogP contribution in [0.4, 0.5) is 0 Å². The van der Waals surface area contributed by atoms with Gasteiger partial charge in [0.25, 0.3) is 0 Å². The summed E-state index contributed by atoms with van der Waals surface area (Å²) in [5.41, 5.74) is 0.0547. The molecule has 0 atom stereocenters. The van der Waals surface area contributed by atoms with Crippen LogP contribution < -0.4 is 0 Å². The first kappa shape index (κ1) is 17.1. The van der Waals surface area contributed by atoms with E-state index in [1.54, 1.807) is 0 Å². The topological polar surface area (TPSA) is 18.5 Å². The highest BCUT2D eigenvalue weighted by Gasteiger charge is 2.22. The van der Waals surface area contributed by atoms with Gasteiger partial charge in [-0.15, -0.1) is 0 Å². The fourth-order valence-electron chi connectivity index (χ4n) is 1.68. The molecule has 0 aromatic rings. The highest BCUT2D eigenvalue weighted by molar-refractivity contribution is 4.98. The molecule has 0 saturated heterocycles. The standard InChI is InChI=1S/C16H30O2/c1-7-9-12-17-14(3)10-13-18-15(4)16(5,6)11-8-2/h3-4,7-13H2,1-2,5-6H3. The first-order valence-electron chi connectivity index (χ1n) is 7.06. The number of allylic oxidation sites excluding steroid dienone is 1. The Labute approximate surface area is 113 Å². The second-order valence-electron chi connectivity index (χ2n) is 5.40. The van der Waals surface area contributed by atoms with Crippen LogP contribution in [0.1, 0.15) is 59.8 Å². The molecule has 0 radical (unpaired) electrons. The molecule has 0 aliphatic rings. The third kappa shape index (κ3) is 7.41. The lowest BCUT2D eigenvalue weighted by atomic mass is 9.86. The molecule has 0 N–H and O–H groups in total. The Bertz CT molecular complexity index is 254. The summed E-state index contributed by atoms with van der Waals surface area (Å²) in [6, 6.07) is 0. The summed E-state index contributed by atoms with van der Waals surface area (Å²) < 4.78 is 11.2. The van der Waals surface area contributed by atoms with Crippen molar-refractivity contribution in [2.45, 2.75) is 59.8 Å². The highest BCUT2D eigenvalue weighted by atomic mass is 16.5. The van der Waals surface area contributed by atoms with Crippen molar-refractivity contribution in [1.82, 2.24) is 0 Å². The first-order chi connectivity index (χ1) is 8.44. The minimum atomic E-state index is 0.0547. The SMILES string of the molecule is C=C(CCOC(=C)C(C)(C)CCC)OCCCC. The van der Waals surface area contributed by atoms with Crippen LogP contribution in [0.3, 0.4) is 0 Å². The van der Waals surface area contributed by atoms with Crippen LogP contribution in [0.15, 0.2) is 24.7 Å². The Morgan fingerprint density at radius 1 is 1.00 bits per heavy atom. The quantitative estimate of drug-likeness (QED) is 0.379. The molecule has 0 fully saturated rings. The van der Waals surface area contributed by atoms with Gasteiger partial charge in [-0.25, -0.2) is 0 Å². The van der Waals surface area contributed by atoms with E-state index in [9.17, 15) is 0 Å². The van der Waals surface area contributed by atoms with Crippen molar-refractivity contribution >= 4 is 0 Å². The zero-order chi connectivity index (χ0) is 14.0. The van der Waals surface area contributed by atoms with Gasteiger partial charge in [0.2, 0.25) is 0 Å². The molecule has 0 rings (SSSR count). The van der Waals surface area contributed by atoms with E-state index in [0.29, 0.717) is 6.61 Å². The molecule has 0 aromatic carbocycles. The molecule has 0 aliphatic heterocycles. The lowest BCUT2D eigenvalue weighted by Gasteiger charge is -2.26. The van der Waals surface area contributed by atoms with Crippen molar-refractivity contribution in [2.24, 2.45) is 5.41 Å². The number of ether oxygens (including phenoxy) is 2. The summed E-state index contributed by atoms with van der Waals surface area (Å²) in [5, 5.41) is 0. The summed E-state index contributed by atoms with van der Waals surface area (Å²) in [6.45, 7) is 18.0. The molecule has 0 spiro atoms. The van der Waals surface area contributed by atoms with Gasteiger partial charge in [-0.2, -0.15) is 0 Å². The van der Waals surface area contributed by atoms with E-state index in [0.717, 1.165) is 50.2 Å². The van der Waals surface area contributed by atoms with Crippen LogP contribution in [0, 0.1) is 5.41 Å². The molecule has 2 heteroatoms. The molecular formula is C16H30O2. The van der Waals surface area contributed by atoms with E-state index >= 15 is 0 Å². The lowest BCUT2D eigenvalue weighted by Crippen LogP contribution is -2.16. The van der Waals surface area contributed by atoms with Crippen LogP contribution in [0.2, 0.25) is 0 Å². The zero-order valence-corrected chi connectivity index (χ0v) is 12.7. The molecular weight excluding hydrogens is 224 g/mol. The van der Waals surface area contributed by atoms with Crippen molar-refractivity contribution in [3.63, 3.8) is 0 Å². The summed E-state index contributed by atoms with van der Waals surface area (Å²) in [6.07, 6.45) is 5.20. The van der Waals surface area contributed by atoms with Crippen LogP contribution in [0.25, 0.3) is 0 Å². The number of unbranched alkanes of at least 4 members (excludes halogenated alkanes) is 1. The molecule has 0 heterocycles. The summed E-state index contributed by atoms with van der Waals surface area (Å²) in [7, 11) is 0. The van der Waals surface area contributed by atoms with Gasteiger partial charge in [0, 0.05) is 11.8 Å². The van der Waals surface area contributed by atoms with E-state index in [-0.39, 0.29) is 5.41 Å². The predicted octanol–water partition coefficient (Wildman–Crippen LogP) is 5.06. The van der Waals surface area contributed by atoms with Crippen molar-refractivity contribution in [1.29, 1.82) is 0 Å². The predicted molar refractivity (Wildman–Crippen MR) is 78.4 cm³/mol. The van der Waals surface area contributed by atoms with Gasteiger partial charge in [0.1, 0.15) is 0 Å². The molecule has 18 heavy (non-hydrogen) atoms. The monoisotopic (exact) mass is 254 g/mol. The Morgan fingerprint density at radius 3 is 2.22 bits per heavy atom. The maximum absolute atomic E-state index is 5.70. The molecule has 0 aromatic heterocycles. The van der Waals surface area contributed by atoms with Gasteiger partial charge >= 0.3 is 0 Å². The Morgan fingerprint density at radius 2 is 1.67 bits per heavy atom. The second-order valence-corrected chi connectivity index (χ2v) is 5.40. The molecule has 0 bridgehead atoms. The number of hydrogen-bond acceptors (Lipinski definition) is 2. The van der Waals surface area contributed by atoms with E-state index in [1.807, 2.05) is 0 Å². The summed E-state index contributed by atoms with van der Waals surface area (Å²) in [5.74, 6) is 1.68. The van der Waals surface area contributed by atoms with Crippen molar-refractivity contribution in [3.05, 3.63) is 24.7 Å².